The smallest absolute Gasteiger partial charge is 0.410 e. The molecule has 0 aromatic heterocycles. The highest BCUT2D eigenvalue weighted by Crippen LogP contribution is 2.38. The van der Waals surface area contributed by atoms with Gasteiger partial charge >= 0.3 is 6.09 Å². The van der Waals surface area contributed by atoms with Gasteiger partial charge in [0.1, 0.15) is 12.5 Å². The average molecular weight is 634 g/mol. The molecule has 7 nitrogen and oxygen atoms in total. The van der Waals surface area contributed by atoms with Crippen molar-refractivity contribution >= 4 is 24.8 Å². The van der Waals surface area contributed by atoms with Crippen LogP contribution < -0.4 is 15.1 Å². The molecular weight excluding hydrogens is 582 g/mol. The van der Waals surface area contributed by atoms with Crippen LogP contribution in [0, 0.1) is 0 Å². The first-order valence-corrected chi connectivity index (χ1v) is 17.6. The molecule has 45 heavy (non-hydrogen) atoms. The highest BCUT2D eigenvalue weighted by Gasteiger charge is 2.51. The van der Waals surface area contributed by atoms with Crippen molar-refractivity contribution in [1.29, 1.82) is 0 Å². The molecule has 0 saturated carbocycles. The van der Waals surface area contributed by atoms with Crippen molar-refractivity contribution in [2.24, 2.45) is 0 Å². The maximum atomic E-state index is 13.8. The minimum absolute atomic E-state index is 0.0702. The van der Waals surface area contributed by atoms with Crippen LogP contribution in [0.25, 0.3) is 0 Å². The molecule has 0 aliphatic carbocycles. The summed E-state index contributed by atoms with van der Waals surface area (Å²) in [5, 5.41) is 2.19. The van der Waals surface area contributed by atoms with E-state index in [0.29, 0.717) is 12.2 Å². The van der Waals surface area contributed by atoms with Gasteiger partial charge in [-0.25, -0.2) is 4.79 Å². The molecule has 244 valence electrons. The van der Waals surface area contributed by atoms with Gasteiger partial charge in [0.2, 0.25) is 0 Å². The molecule has 0 spiro atoms. The van der Waals surface area contributed by atoms with Crippen molar-refractivity contribution < 1.29 is 28.2 Å². The van der Waals surface area contributed by atoms with Crippen LogP contribution in [0.4, 0.5) is 4.79 Å². The summed E-state index contributed by atoms with van der Waals surface area (Å²) >= 11 is 0. The number of rotatable bonds is 16. The highest BCUT2D eigenvalue weighted by molar-refractivity contribution is 6.99. The fourth-order valence-electron chi connectivity index (χ4n) is 5.99. The number of carbonyl (C=O) groups is 1. The molecule has 0 saturated heterocycles. The maximum absolute atomic E-state index is 13.8. The molecule has 0 heterocycles. The summed E-state index contributed by atoms with van der Waals surface area (Å²) in [4.78, 5) is 15.5. The summed E-state index contributed by atoms with van der Waals surface area (Å²) in [5.74, 6) is 0.697. The number of amides is 1. The van der Waals surface area contributed by atoms with Gasteiger partial charge in [0.15, 0.2) is 0 Å². The van der Waals surface area contributed by atoms with Crippen molar-refractivity contribution in [3.05, 3.63) is 103 Å². The van der Waals surface area contributed by atoms with Gasteiger partial charge in [-0.3, -0.25) is 4.90 Å². The lowest BCUT2D eigenvalue weighted by Crippen LogP contribution is -2.67. The number of ether oxygens (including phenoxy) is 4. The molecule has 0 bridgehead atoms. The number of hydrogen-bond acceptors (Lipinski definition) is 6. The Balaban J connectivity index is 2.14. The molecule has 0 aliphatic rings. The normalized spacial score (nSPS) is 14.1. The monoisotopic (exact) mass is 633 g/mol. The van der Waals surface area contributed by atoms with Crippen LogP contribution in [0.1, 0.15) is 53.5 Å². The third-order valence-electron chi connectivity index (χ3n) is 7.94. The summed E-state index contributed by atoms with van der Waals surface area (Å²) in [6.45, 7) is 13.2. The van der Waals surface area contributed by atoms with Gasteiger partial charge in [0.25, 0.3) is 8.32 Å². The van der Waals surface area contributed by atoms with Gasteiger partial charge in [-0.15, -0.1) is 0 Å². The van der Waals surface area contributed by atoms with Crippen LogP contribution in [0.15, 0.2) is 97.1 Å². The molecule has 8 heteroatoms. The third-order valence-corrected chi connectivity index (χ3v) is 13.1. The molecule has 0 aliphatic heterocycles. The van der Waals surface area contributed by atoms with Gasteiger partial charge in [0.05, 0.1) is 32.4 Å². The molecule has 3 atom stereocenters. The largest absolute Gasteiger partial charge is 0.496 e. The van der Waals surface area contributed by atoms with Gasteiger partial charge in [-0.1, -0.05) is 112 Å². The molecule has 3 rings (SSSR count). The second kappa shape index (κ2) is 17.3. The van der Waals surface area contributed by atoms with Crippen LogP contribution >= 0.6 is 0 Å². The Morgan fingerprint density at radius 3 is 2.00 bits per heavy atom. The zero-order valence-electron chi connectivity index (χ0n) is 28.2. The van der Waals surface area contributed by atoms with E-state index in [1.807, 2.05) is 62.4 Å². The Hall–Kier alpha value is -3.43. The number of carbonyl (C=O) groups excluding carboxylic acids is 1. The second-order valence-electron chi connectivity index (χ2n) is 12.1. The average Bonchev–Trinajstić information content (AvgIpc) is 3.04. The fraction of sp³-hybridized carbons (Fsp3) is 0.432. The number of benzene rings is 3. The van der Waals surface area contributed by atoms with Crippen molar-refractivity contribution in [2.45, 2.75) is 77.8 Å². The van der Waals surface area contributed by atoms with Crippen molar-refractivity contribution in [3.63, 3.8) is 0 Å². The van der Waals surface area contributed by atoms with Crippen LogP contribution in [0.5, 0.6) is 5.75 Å². The molecular formula is C37H51NO6Si. The molecule has 0 fully saturated rings. The van der Waals surface area contributed by atoms with Crippen LogP contribution in [0.3, 0.4) is 0 Å². The van der Waals surface area contributed by atoms with E-state index in [2.05, 4.69) is 76.2 Å². The molecule has 0 N–H and O–H groups in total. The zero-order chi connectivity index (χ0) is 32.9. The molecule has 0 unspecified atom stereocenters. The molecule has 0 radical (unpaired) electrons. The van der Waals surface area contributed by atoms with E-state index < -0.39 is 26.6 Å². The van der Waals surface area contributed by atoms with E-state index in [9.17, 15) is 4.79 Å². The molecule has 3 aromatic carbocycles. The molecule has 1 amide bonds. The van der Waals surface area contributed by atoms with E-state index in [1.54, 1.807) is 19.1 Å². The van der Waals surface area contributed by atoms with E-state index in [0.717, 1.165) is 5.56 Å². The topological polar surface area (TPSA) is 66.5 Å². The number of allylic oxidation sites excluding steroid dienone is 1. The SMILES string of the molecule is C/C=C/[C@@H](OCOC)[C@H](C[C@@H](C)O[Si](c1ccccc1)(c1ccccc1)C(C)(C)C)N(Cc1ccccc1OC)C(=O)OCC. The number of methoxy groups -OCH3 is 2. The molecule has 3 aromatic rings. The Morgan fingerprint density at radius 1 is 0.911 bits per heavy atom. The van der Waals surface area contributed by atoms with Crippen LogP contribution in [-0.2, 0) is 25.2 Å². The van der Waals surface area contributed by atoms with Crippen molar-refractivity contribution in [3.8, 4) is 5.75 Å². The van der Waals surface area contributed by atoms with Crippen molar-refractivity contribution in [1.82, 2.24) is 4.90 Å². The predicted octanol–water partition coefficient (Wildman–Crippen LogP) is 6.94. The van der Waals surface area contributed by atoms with E-state index in [-0.39, 0.29) is 31.1 Å². The summed E-state index contributed by atoms with van der Waals surface area (Å²) in [5.41, 5.74) is 0.865. The van der Waals surface area contributed by atoms with Crippen LogP contribution in [-0.4, -0.2) is 65.2 Å². The van der Waals surface area contributed by atoms with E-state index >= 15 is 0 Å². The lowest BCUT2D eigenvalue weighted by atomic mass is 10.0. The maximum Gasteiger partial charge on any atom is 0.410 e. The lowest BCUT2D eigenvalue weighted by molar-refractivity contribution is -0.0856. The highest BCUT2D eigenvalue weighted by atomic mass is 28.4. The van der Waals surface area contributed by atoms with Crippen LogP contribution in [0.2, 0.25) is 5.04 Å². The van der Waals surface area contributed by atoms with Gasteiger partial charge < -0.3 is 23.4 Å². The van der Waals surface area contributed by atoms with Gasteiger partial charge in [0, 0.05) is 18.8 Å². The Morgan fingerprint density at radius 2 is 1.49 bits per heavy atom. The first-order chi connectivity index (χ1) is 21.6. The number of nitrogens with zero attached hydrogens (tertiary/aromatic N) is 1. The zero-order valence-corrected chi connectivity index (χ0v) is 29.2. The predicted molar refractivity (Wildman–Crippen MR) is 184 cm³/mol. The van der Waals surface area contributed by atoms with Crippen molar-refractivity contribution in [2.75, 3.05) is 27.6 Å². The summed E-state index contributed by atoms with van der Waals surface area (Å²) in [7, 11) is 0.364. The Bertz CT molecular complexity index is 1290. The first kappa shape index (κ1) is 36.0. The minimum Gasteiger partial charge on any atom is -0.496 e. The minimum atomic E-state index is -2.86. The second-order valence-corrected chi connectivity index (χ2v) is 16.3. The summed E-state index contributed by atoms with van der Waals surface area (Å²) < 4.78 is 30.3. The van der Waals surface area contributed by atoms with E-state index in [1.165, 1.54) is 10.4 Å². The Labute approximate surface area is 271 Å². The summed E-state index contributed by atoms with van der Waals surface area (Å²) in [6.07, 6.45) is 3.20. The third kappa shape index (κ3) is 9.07. The lowest BCUT2D eigenvalue weighted by Gasteiger charge is -2.46. The standard InChI is InChI=1S/C37H51NO6Si/c1-9-19-35(43-28-40-7)33(38(36(39)42-10-2)27-30-20-17-18-25-34(30)41-8)26-29(3)44-45(37(4,5)6,31-21-13-11-14-22-31)32-23-15-12-16-24-32/h9,11-25,29,33,35H,10,26-28H2,1-8H3/b19-9+/t29-,33+,35-/m1/s1. The number of para-hydroxylation sites is 1. The quantitative estimate of drug-likeness (QED) is 0.0967. The van der Waals surface area contributed by atoms with E-state index in [4.69, 9.17) is 23.4 Å². The number of hydrogen-bond donors (Lipinski definition) is 0. The first-order valence-electron chi connectivity index (χ1n) is 15.7. The summed E-state index contributed by atoms with van der Waals surface area (Å²) in [6, 6.07) is 28.4. The van der Waals surface area contributed by atoms with Gasteiger partial charge in [-0.05, 0) is 48.7 Å². The fourth-order valence-corrected chi connectivity index (χ4v) is 10.7. The Kier molecular flexibility index (Phi) is 13.9. The van der Waals surface area contributed by atoms with Gasteiger partial charge in [-0.2, -0.15) is 0 Å².